The van der Waals surface area contributed by atoms with Gasteiger partial charge in [-0.3, -0.25) is 9.68 Å². The van der Waals surface area contributed by atoms with E-state index >= 15 is 0 Å². The fourth-order valence-corrected chi connectivity index (χ4v) is 1.38. The molecule has 1 aromatic rings. The van der Waals surface area contributed by atoms with Gasteiger partial charge >= 0.3 is 0 Å². The van der Waals surface area contributed by atoms with Crippen LogP contribution in [-0.2, 0) is 42.6 Å². The first-order valence-electron chi connectivity index (χ1n) is 3.55. The van der Waals surface area contributed by atoms with Gasteiger partial charge in [0.25, 0.3) is 0 Å². The summed E-state index contributed by atoms with van der Waals surface area (Å²) in [5.74, 6) is -0.171. The number of carbonyl (C=O) groups excluding carboxylic acids is 1. The molecule has 0 aliphatic carbocycles. The number of carbonyl (C=O) groups is 1. The third kappa shape index (κ3) is 4.21. The molecule has 0 aromatic carbocycles. The average Bonchev–Trinajstić information content (AvgIpc) is 2.52. The molecule has 0 amide bonds. The zero-order chi connectivity index (χ0) is 9.68. The average molecular weight is 290 g/mol. The molecule has 1 aromatic heterocycles. The third-order valence-corrected chi connectivity index (χ3v) is 2.10. The maximum Gasteiger partial charge on any atom is 0.163 e. The maximum absolute atomic E-state index is 11.3. The van der Waals surface area contributed by atoms with E-state index in [0.29, 0.717) is 5.69 Å². The van der Waals surface area contributed by atoms with Crippen molar-refractivity contribution in [3.8, 4) is 0 Å². The van der Waals surface area contributed by atoms with Crippen LogP contribution in [0.25, 0.3) is 5.48 Å². The fourth-order valence-electron chi connectivity index (χ4n) is 0.786. The molecule has 14 heavy (non-hydrogen) atoms. The van der Waals surface area contributed by atoms with Gasteiger partial charge in [-0.05, 0) is 6.92 Å². The summed E-state index contributed by atoms with van der Waals surface area (Å²) in [5, 5.41) is 0. The Morgan fingerprint density at radius 1 is 1.71 bits per heavy atom. The van der Waals surface area contributed by atoms with Crippen LogP contribution in [0.15, 0.2) is 5.51 Å². The van der Waals surface area contributed by atoms with Gasteiger partial charge in [0.1, 0.15) is 5.69 Å². The van der Waals surface area contributed by atoms with Crippen LogP contribution in [-0.4, -0.2) is 24.4 Å². The standard InChI is InChI=1S/C7H9N2O3S.Y/c1-5-7(8-4-13-5)6(10)3-9-12-11-2;/h4H,3H2,1-2H3;/q-1;. The van der Waals surface area contributed by atoms with Crippen molar-refractivity contribution in [1.82, 2.24) is 4.98 Å². The van der Waals surface area contributed by atoms with Gasteiger partial charge in [-0.2, -0.15) is 0 Å². The molecular weight excluding hydrogens is 281 g/mol. The molecule has 0 N–H and O–H groups in total. The SMILES string of the molecule is COO[N-]CC(=O)c1ncsc1C.[Y]. The number of aromatic nitrogens is 1. The smallest absolute Gasteiger partial charge is 0.163 e. The minimum atomic E-state index is -0.171. The number of Topliss-reactive ketones (excluding diaryl/α,β-unsaturated/α-hetero) is 1. The Kier molecular flexibility index (Phi) is 7.71. The monoisotopic (exact) mass is 290 g/mol. The molecule has 75 valence electrons. The van der Waals surface area contributed by atoms with Crippen LogP contribution >= 0.6 is 11.3 Å². The van der Waals surface area contributed by atoms with E-state index in [1.54, 1.807) is 5.51 Å². The molecule has 0 saturated heterocycles. The Morgan fingerprint density at radius 3 is 2.93 bits per heavy atom. The van der Waals surface area contributed by atoms with Gasteiger partial charge in [-0.15, -0.1) is 11.3 Å². The number of hydrogen-bond acceptors (Lipinski definition) is 5. The number of rotatable bonds is 5. The first kappa shape index (κ1) is 14.3. The van der Waals surface area contributed by atoms with Crippen molar-refractivity contribution in [2.75, 3.05) is 13.7 Å². The van der Waals surface area contributed by atoms with E-state index in [9.17, 15) is 4.79 Å². The van der Waals surface area contributed by atoms with Crippen molar-refractivity contribution in [3.63, 3.8) is 0 Å². The Balaban J connectivity index is 0.00000169. The summed E-state index contributed by atoms with van der Waals surface area (Å²) in [6.07, 6.45) is 0. The number of thiazole rings is 1. The van der Waals surface area contributed by atoms with E-state index in [-0.39, 0.29) is 45.0 Å². The Bertz CT molecular complexity index is 292. The minimum absolute atomic E-state index is 0. The zero-order valence-corrected chi connectivity index (χ0v) is 11.5. The van der Waals surface area contributed by atoms with Crippen LogP contribution in [0.1, 0.15) is 15.4 Å². The summed E-state index contributed by atoms with van der Waals surface area (Å²) >= 11 is 1.43. The minimum Gasteiger partial charge on any atom is -0.493 e. The predicted octanol–water partition coefficient (Wildman–Crippen LogP) is 1.50. The molecule has 0 atom stereocenters. The third-order valence-electron chi connectivity index (χ3n) is 1.34. The number of hydrogen-bond donors (Lipinski definition) is 0. The number of nitrogens with zero attached hydrogens (tertiary/aromatic N) is 2. The Labute approximate surface area is 111 Å². The number of aryl methyl sites for hydroxylation is 1. The zero-order valence-electron chi connectivity index (χ0n) is 7.89. The number of ketones is 1. The normalized spacial score (nSPS) is 9.57. The summed E-state index contributed by atoms with van der Waals surface area (Å²) in [5.41, 5.74) is 5.46. The largest absolute Gasteiger partial charge is 0.493 e. The molecule has 0 aliphatic rings. The van der Waals surface area contributed by atoms with Gasteiger partial charge in [0, 0.05) is 37.6 Å². The topological polar surface area (TPSA) is 62.5 Å². The molecule has 1 heterocycles. The van der Waals surface area contributed by atoms with Gasteiger partial charge in [0.2, 0.25) is 0 Å². The van der Waals surface area contributed by atoms with E-state index in [0.717, 1.165) is 4.88 Å². The molecule has 0 saturated carbocycles. The van der Waals surface area contributed by atoms with E-state index in [4.69, 9.17) is 0 Å². The van der Waals surface area contributed by atoms with E-state index in [1.165, 1.54) is 18.4 Å². The maximum atomic E-state index is 11.3. The molecular formula is C7H9N2O3SY-. The fraction of sp³-hybridized carbons (Fsp3) is 0.429. The van der Waals surface area contributed by atoms with Crippen LogP contribution in [0.3, 0.4) is 0 Å². The molecule has 1 radical (unpaired) electrons. The van der Waals surface area contributed by atoms with Crippen molar-refractivity contribution in [3.05, 3.63) is 21.6 Å². The summed E-state index contributed by atoms with van der Waals surface area (Å²) < 4.78 is 0. The molecule has 0 spiro atoms. The summed E-state index contributed by atoms with van der Waals surface area (Å²) in [6.45, 7) is 1.76. The van der Waals surface area contributed by atoms with Crippen LogP contribution in [0.5, 0.6) is 0 Å². The van der Waals surface area contributed by atoms with E-state index < -0.39 is 0 Å². The van der Waals surface area contributed by atoms with Crippen LogP contribution in [0.4, 0.5) is 0 Å². The van der Waals surface area contributed by atoms with Crippen LogP contribution in [0.2, 0.25) is 0 Å². The van der Waals surface area contributed by atoms with E-state index in [2.05, 4.69) is 20.3 Å². The van der Waals surface area contributed by atoms with Crippen molar-refractivity contribution in [2.45, 2.75) is 6.92 Å². The van der Waals surface area contributed by atoms with Crippen LogP contribution in [0, 0.1) is 6.92 Å². The molecule has 0 bridgehead atoms. The second-order valence-corrected chi connectivity index (χ2v) is 3.27. The molecule has 0 aliphatic heterocycles. The van der Waals surface area contributed by atoms with Gasteiger partial charge < -0.3 is 10.5 Å². The summed E-state index contributed by atoms with van der Waals surface area (Å²) in [7, 11) is 1.32. The van der Waals surface area contributed by atoms with Gasteiger partial charge in [-0.1, -0.05) is 6.54 Å². The van der Waals surface area contributed by atoms with Crippen LogP contribution < -0.4 is 0 Å². The molecule has 0 unspecified atom stereocenters. The Morgan fingerprint density at radius 2 is 2.43 bits per heavy atom. The Hall–Kier alpha value is 0.284. The molecule has 7 heteroatoms. The summed E-state index contributed by atoms with van der Waals surface area (Å²) in [6, 6.07) is 0. The second kappa shape index (κ2) is 7.56. The van der Waals surface area contributed by atoms with Gasteiger partial charge in [0.15, 0.2) is 5.78 Å². The first-order chi connectivity index (χ1) is 6.25. The summed E-state index contributed by atoms with van der Waals surface area (Å²) in [4.78, 5) is 24.5. The van der Waals surface area contributed by atoms with Gasteiger partial charge in [-0.25, -0.2) is 4.98 Å². The quantitative estimate of drug-likeness (QED) is 0.357. The van der Waals surface area contributed by atoms with Gasteiger partial charge in [0.05, 0.1) is 12.6 Å². The van der Waals surface area contributed by atoms with Crippen molar-refractivity contribution in [1.29, 1.82) is 0 Å². The number of hydroxylamine groups is 1. The molecule has 5 nitrogen and oxygen atoms in total. The molecule has 1 rings (SSSR count). The van der Waals surface area contributed by atoms with E-state index in [1.807, 2.05) is 6.92 Å². The predicted molar refractivity (Wildman–Crippen MR) is 47.5 cm³/mol. The van der Waals surface area contributed by atoms with Crippen molar-refractivity contribution >= 4 is 17.1 Å². The first-order valence-corrected chi connectivity index (χ1v) is 4.43. The second-order valence-electron chi connectivity index (χ2n) is 2.21. The van der Waals surface area contributed by atoms with Crippen molar-refractivity contribution in [2.24, 2.45) is 0 Å². The van der Waals surface area contributed by atoms with Crippen molar-refractivity contribution < 1.29 is 47.4 Å². The molecule has 0 fully saturated rings.